The molecule has 6 nitrogen and oxygen atoms in total. The first kappa shape index (κ1) is 14.7. The van der Waals surface area contributed by atoms with Crippen LogP contribution in [0.4, 0.5) is 4.79 Å². The van der Waals surface area contributed by atoms with Gasteiger partial charge in [0.05, 0.1) is 6.61 Å². The zero-order chi connectivity index (χ0) is 12.6. The van der Waals surface area contributed by atoms with Crippen molar-refractivity contribution in [1.82, 2.24) is 10.6 Å². The molecule has 94 valence electrons. The van der Waals surface area contributed by atoms with Crippen molar-refractivity contribution in [3.63, 3.8) is 0 Å². The SMILES string of the molecule is CCOCCNC(=O)N[C@H](C(=O)O)C(C)C. The van der Waals surface area contributed by atoms with Gasteiger partial charge in [0.1, 0.15) is 6.04 Å². The minimum absolute atomic E-state index is 0.157. The number of aliphatic carboxylic acids is 1. The lowest BCUT2D eigenvalue weighted by Gasteiger charge is -2.18. The summed E-state index contributed by atoms with van der Waals surface area (Å²) in [4.78, 5) is 22.1. The number of nitrogens with one attached hydrogen (secondary N) is 2. The molecule has 0 unspecified atom stereocenters. The van der Waals surface area contributed by atoms with Gasteiger partial charge in [0.2, 0.25) is 0 Å². The van der Waals surface area contributed by atoms with Gasteiger partial charge in [0.15, 0.2) is 0 Å². The molecule has 0 radical (unpaired) electrons. The maximum atomic E-state index is 11.3. The van der Waals surface area contributed by atoms with Gasteiger partial charge in [-0.3, -0.25) is 0 Å². The highest BCUT2D eigenvalue weighted by atomic mass is 16.5. The van der Waals surface area contributed by atoms with Crippen LogP contribution in [0.1, 0.15) is 20.8 Å². The van der Waals surface area contributed by atoms with Gasteiger partial charge in [-0.25, -0.2) is 9.59 Å². The van der Waals surface area contributed by atoms with Crippen LogP contribution in [0.3, 0.4) is 0 Å². The number of carbonyl (C=O) groups excluding carboxylic acids is 1. The average Bonchev–Trinajstić information content (AvgIpc) is 2.20. The maximum Gasteiger partial charge on any atom is 0.326 e. The number of rotatable bonds is 7. The Morgan fingerprint density at radius 2 is 2.00 bits per heavy atom. The second kappa shape index (κ2) is 7.92. The molecule has 0 saturated carbocycles. The van der Waals surface area contributed by atoms with Gasteiger partial charge in [-0.2, -0.15) is 0 Å². The molecule has 0 aromatic carbocycles. The summed E-state index contributed by atoms with van der Waals surface area (Å²) < 4.78 is 5.02. The van der Waals surface area contributed by atoms with Gasteiger partial charge in [0, 0.05) is 13.2 Å². The van der Waals surface area contributed by atoms with Crippen LogP contribution in [-0.2, 0) is 9.53 Å². The molecule has 16 heavy (non-hydrogen) atoms. The Morgan fingerprint density at radius 1 is 1.38 bits per heavy atom. The van der Waals surface area contributed by atoms with E-state index in [0.29, 0.717) is 19.8 Å². The molecular weight excluding hydrogens is 212 g/mol. The van der Waals surface area contributed by atoms with E-state index in [1.54, 1.807) is 13.8 Å². The van der Waals surface area contributed by atoms with E-state index in [4.69, 9.17) is 9.84 Å². The lowest BCUT2D eigenvalue weighted by Crippen LogP contribution is -2.49. The van der Waals surface area contributed by atoms with Gasteiger partial charge in [-0.1, -0.05) is 13.8 Å². The Morgan fingerprint density at radius 3 is 2.44 bits per heavy atom. The molecule has 0 spiro atoms. The lowest BCUT2D eigenvalue weighted by molar-refractivity contribution is -0.140. The van der Waals surface area contributed by atoms with Crippen LogP contribution in [0.15, 0.2) is 0 Å². The van der Waals surface area contributed by atoms with E-state index in [-0.39, 0.29) is 5.92 Å². The summed E-state index contributed by atoms with van der Waals surface area (Å²) >= 11 is 0. The Kier molecular flexibility index (Phi) is 7.28. The molecule has 2 amide bonds. The van der Waals surface area contributed by atoms with Crippen LogP contribution in [0.25, 0.3) is 0 Å². The normalized spacial score (nSPS) is 12.2. The molecular formula is C10H20N2O4. The van der Waals surface area contributed by atoms with Crippen LogP contribution in [-0.4, -0.2) is 42.9 Å². The number of carboxylic acids is 1. The van der Waals surface area contributed by atoms with E-state index in [9.17, 15) is 9.59 Å². The fraction of sp³-hybridized carbons (Fsp3) is 0.800. The molecule has 0 aliphatic carbocycles. The molecule has 6 heteroatoms. The summed E-state index contributed by atoms with van der Waals surface area (Å²) in [5.41, 5.74) is 0. The summed E-state index contributed by atoms with van der Waals surface area (Å²) in [6.07, 6.45) is 0. The molecule has 0 rings (SSSR count). The molecule has 1 atom stereocenters. The molecule has 0 bridgehead atoms. The number of carbonyl (C=O) groups is 2. The number of urea groups is 1. The van der Waals surface area contributed by atoms with Crippen molar-refractivity contribution in [3.8, 4) is 0 Å². The summed E-state index contributed by atoms with van der Waals surface area (Å²) in [6.45, 7) is 6.71. The number of hydrogen-bond donors (Lipinski definition) is 3. The highest BCUT2D eigenvalue weighted by molar-refractivity contribution is 5.82. The lowest BCUT2D eigenvalue weighted by atomic mass is 10.1. The van der Waals surface area contributed by atoms with Crippen molar-refractivity contribution in [1.29, 1.82) is 0 Å². The Bertz CT molecular complexity index is 231. The van der Waals surface area contributed by atoms with Crippen LogP contribution < -0.4 is 10.6 Å². The van der Waals surface area contributed by atoms with Crippen molar-refractivity contribution in [2.45, 2.75) is 26.8 Å². The van der Waals surface area contributed by atoms with Gasteiger partial charge in [-0.15, -0.1) is 0 Å². The maximum absolute atomic E-state index is 11.3. The molecule has 0 fully saturated rings. The Hall–Kier alpha value is -1.30. The summed E-state index contributed by atoms with van der Waals surface area (Å²) in [7, 11) is 0. The second-order valence-corrected chi connectivity index (χ2v) is 3.66. The van der Waals surface area contributed by atoms with Crippen LogP contribution in [0, 0.1) is 5.92 Å². The standard InChI is InChI=1S/C10H20N2O4/c1-4-16-6-5-11-10(15)12-8(7(2)3)9(13)14/h7-8H,4-6H2,1-3H3,(H,13,14)(H2,11,12,15)/t8-/m0/s1. The summed E-state index contributed by atoms with van der Waals surface area (Å²) in [5.74, 6) is -1.19. The fourth-order valence-corrected chi connectivity index (χ4v) is 1.09. The average molecular weight is 232 g/mol. The van der Waals surface area contributed by atoms with Gasteiger partial charge < -0.3 is 20.5 Å². The van der Waals surface area contributed by atoms with E-state index < -0.39 is 18.0 Å². The first-order chi connectivity index (χ1) is 7.49. The van der Waals surface area contributed by atoms with Crippen LogP contribution in [0.5, 0.6) is 0 Å². The Labute approximate surface area is 95.4 Å². The smallest absolute Gasteiger partial charge is 0.326 e. The third-order valence-electron chi connectivity index (χ3n) is 1.96. The number of ether oxygens (including phenoxy) is 1. The second-order valence-electron chi connectivity index (χ2n) is 3.66. The van der Waals surface area contributed by atoms with Crippen molar-refractivity contribution in [3.05, 3.63) is 0 Å². The molecule has 0 aliphatic rings. The third kappa shape index (κ3) is 6.23. The van der Waals surface area contributed by atoms with Crippen molar-refractivity contribution in [2.75, 3.05) is 19.8 Å². The first-order valence-corrected chi connectivity index (χ1v) is 5.34. The molecule has 3 N–H and O–H groups in total. The predicted molar refractivity (Wildman–Crippen MR) is 59.3 cm³/mol. The minimum atomic E-state index is -1.03. The van der Waals surface area contributed by atoms with E-state index in [1.165, 1.54) is 0 Å². The first-order valence-electron chi connectivity index (χ1n) is 5.34. The predicted octanol–water partition coefficient (Wildman–Crippen LogP) is 0.431. The van der Waals surface area contributed by atoms with E-state index in [0.717, 1.165) is 0 Å². The monoisotopic (exact) mass is 232 g/mol. The highest BCUT2D eigenvalue weighted by Gasteiger charge is 2.22. The zero-order valence-electron chi connectivity index (χ0n) is 9.95. The minimum Gasteiger partial charge on any atom is -0.480 e. The number of hydrogen-bond acceptors (Lipinski definition) is 3. The summed E-state index contributed by atoms with van der Waals surface area (Å²) in [6, 6.07) is -1.35. The fourth-order valence-electron chi connectivity index (χ4n) is 1.09. The van der Waals surface area contributed by atoms with E-state index in [2.05, 4.69) is 10.6 Å². The van der Waals surface area contributed by atoms with E-state index in [1.807, 2.05) is 6.92 Å². The molecule has 0 saturated heterocycles. The molecule has 0 aliphatic heterocycles. The van der Waals surface area contributed by atoms with E-state index >= 15 is 0 Å². The van der Waals surface area contributed by atoms with Crippen LogP contribution >= 0.6 is 0 Å². The molecule has 0 heterocycles. The number of amides is 2. The van der Waals surface area contributed by atoms with Crippen molar-refractivity contribution >= 4 is 12.0 Å². The van der Waals surface area contributed by atoms with Gasteiger partial charge in [-0.05, 0) is 12.8 Å². The van der Waals surface area contributed by atoms with Crippen molar-refractivity contribution < 1.29 is 19.4 Å². The third-order valence-corrected chi connectivity index (χ3v) is 1.96. The highest BCUT2D eigenvalue weighted by Crippen LogP contribution is 2.00. The largest absolute Gasteiger partial charge is 0.480 e. The zero-order valence-corrected chi connectivity index (χ0v) is 9.95. The summed E-state index contributed by atoms with van der Waals surface area (Å²) in [5, 5.41) is 13.7. The van der Waals surface area contributed by atoms with Crippen LogP contribution in [0.2, 0.25) is 0 Å². The van der Waals surface area contributed by atoms with Crippen molar-refractivity contribution in [2.24, 2.45) is 5.92 Å². The van der Waals surface area contributed by atoms with Gasteiger partial charge >= 0.3 is 12.0 Å². The Balaban J connectivity index is 3.87. The molecule has 0 aromatic heterocycles. The number of carboxylic acid groups (broad SMARTS) is 1. The quantitative estimate of drug-likeness (QED) is 0.555. The molecule has 0 aromatic rings. The van der Waals surface area contributed by atoms with Gasteiger partial charge in [0.25, 0.3) is 0 Å². The topological polar surface area (TPSA) is 87.7 Å².